The maximum Gasteiger partial charge on any atom is 0.249 e. The molecule has 0 radical (unpaired) electrons. The Labute approximate surface area is 136 Å². The molecule has 22 heavy (non-hydrogen) atoms. The Balaban J connectivity index is 2.07. The molecule has 4 heteroatoms. The van der Waals surface area contributed by atoms with Crippen molar-refractivity contribution in [3.05, 3.63) is 59.1 Å². The number of carbonyl (C=O) groups excluding carboxylic acids is 1. The lowest BCUT2D eigenvalue weighted by Gasteiger charge is -2.26. The van der Waals surface area contributed by atoms with Crippen LogP contribution in [0.2, 0.25) is 5.02 Å². The highest BCUT2D eigenvalue weighted by atomic mass is 35.5. The van der Waals surface area contributed by atoms with Crippen LogP contribution in [0.4, 0.5) is 11.4 Å². The minimum absolute atomic E-state index is 0.0873. The molecule has 0 heterocycles. The standard InChI is InChI=1S/C18H21ClN2O/c1-4-13-6-5-7-16(12-13)20-17(22)18(2,3)21-15-10-8-14(19)9-11-15/h5-12,21H,4H2,1-3H3,(H,20,22). The summed E-state index contributed by atoms with van der Waals surface area (Å²) in [5.74, 6) is -0.0873. The van der Waals surface area contributed by atoms with Crippen molar-refractivity contribution in [1.29, 1.82) is 0 Å². The molecule has 0 aromatic heterocycles. The molecule has 0 bridgehead atoms. The van der Waals surface area contributed by atoms with Crippen molar-refractivity contribution in [2.24, 2.45) is 0 Å². The first kappa shape index (κ1) is 16.4. The topological polar surface area (TPSA) is 41.1 Å². The Morgan fingerprint density at radius 3 is 2.41 bits per heavy atom. The third kappa shape index (κ3) is 4.25. The lowest BCUT2D eigenvalue weighted by Crippen LogP contribution is -2.44. The monoisotopic (exact) mass is 316 g/mol. The van der Waals surface area contributed by atoms with Gasteiger partial charge in [-0.15, -0.1) is 0 Å². The van der Waals surface area contributed by atoms with Crippen molar-refractivity contribution in [2.75, 3.05) is 10.6 Å². The van der Waals surface area contributed by atoms with Crippen LogP contribution in [0.15, 0.2) is 48.5 Å². The zero-order valence-corrected chi connectivity index (χ0v) is 13.9. The number of halogens is 1. The van der Waals surface area contributed by atoms with E-state index in [1.54, 1.807) is 12.1 Å². The van der Waals surface area contributed by atoms with Gasteiger partial charge in [-0.1, -0.05) is 30.7 Å². The third-order valence-corrected chi connectivity index (χ3v) is 3.71. The van der Waals surface area contributed by atoms with Crippen molar-refractivity contribution < 1.29 is 4.79 Å². The molecule has 2 aromatic carbocycles. The van der Waals surface area contributed by atoms with E-state index in [9.17, 15) is 4.79 Å². The highest BCUT2D eigenvalue weighted by Gasteiger charge is 2.27. The maximum absolute atomic E-state index is 12.5. The van der Waals surface area contributed by atoms with E-state index in [-0.39, 0.29) is 5.91 Å². The second-order valence-corrected chi connectivity index (χ2v) is 6.20. The predicted octanol–water partition coefficient (Wildman–Crippen LogP) is 4.73. The van der Waals surface area contributed by atoms with Crippen LogP contribution < -0.4 is 10.6 Å². The fraction of sp³-hybridized carbons (Fsp3) is 0.278. The molecule has 0 aliphatic carbocycles. The Kier molecular flexibility index (Phi) is 5.09. The van der Waals surface area contributed by atoms with E-state index in [2.05, 4.69) is 17.6 Å². The molecule has 2 N–H and O–H groups in total. The van der Waals surface area contributed by atoms with Gasteiger partial charge in [0.1, 0.15) is 5.54 Å². The van der Waals surface area contributed by atoms with Crippen LogP contribution in [0.1, 0.15) is 26.3 Å². The molecule has 2 rings (SSSR count). The summed E-state index contributed by atoms with van der Waals surface area (Å²) in [5, 5.41) is 6.85. The van der Waals surface area contributed by atoms with Crippen molar-refractivity contribution in [3.8, 4) is 0 Å². The summed E-state index contributed by atoms with van der Waals surface area (Å²) >= 11 is 5.87. The Morgan fingerprint density at radius 2 is 1.77 bits per heavy atom. The average molecular weight is 317 g/mol. The lowest BCUT2D eigenvalue weighted by molar-refractivity contribution is -0.119. The molecule has 0 saturated carbocycles. The van der Waals surface area contributed by atoms with Crippen molar-refractivity contribution in [2.45, 2.75) is 32.7 Å². The Morgan fingerprint density at radius 1 is 1.09 bits per heavy atom. The van der Waals surface area contributed by atoms with Crippen LogP contribution in [0.5, 0.6) is 0 Å². The highest BCUT2D eigenvalue weighted by Crippen LogP contribution is 2.20. The normalized spacial score (nSPS) is 11.1. The first-order chi connectivity index (χ1) is 10.4. The quantitative estimate of drug-likeness (QED) is 0.837. The van der Waals surface area contributed by atoms with Crippen LogP contribution in [-0.4, -0.2) is 11.4 Å². The first-order valence-corrected chi connectivity index (χ1v) is 7.72. The van der Waals surface area contributed by atoms with Crippen LogP contribution in [0.25, 0.3) is 0 Å². The van der Waals surface area contributed by atoms with E-state index < -0.39 is 5.54 Å². The molecule has 0 aliphatic rings. The summed E-state index contributed by atoms with van der Waals surface area (Å²) in [6.45, 7) is 5.79. The maximum atomic E-state index is 12.5. The van der Waals surface area contributed by atoms with Crippen molar-refractivity contribution in [3.63, 3.8) is 0 Å². The fourth-order valence-electron chi connectivity index (χ4n) is 2.11. The van der Waals surface area contributed by atoms with Gasteiger partial charge in [-0.25, -0.2) is 0 Å². The zero-order valence-electron chi connectivity index (χ0n) is 13.1. The third-order valence-electron chi connectivity index (χ3n) is 3.46. The molecule has 0 aliphatic heterocycles. The van der Waals surface area contributed by atoms with E-state index in [0.717, 1.165) is 17.8 Å². The second kappa shape index (κ2) is 6.84. The number of benzene rings is 2. The molecule has 0 fully saturated rings. The molecule has 0 atom stereocenters. The molecule has 2 aromatic rings. The number of nitrogens with one attached hydrogen (secondary N) is 2. The number of carbonyl (C=O) groups is 1. The molecule has 0 unspecified atom stereocenters. The van der Waals surface area contributed by atoms with Crippen molar-refractivity contribution >= 4 is 28.9 Å². The van der Waals surface area contributed by atoms with Crippen LogP contribution in [0.3, 0.4) is 0 Å². The molecular weight excluding hydrogens is 296 g/mol. The van der Waals surface area contributed by atoms with Gasteiger partial charge in [0.2, 0.25) is 5.91 Å². The molecule has 3 nitrogen and oxygen atoms in total. The number of hydrogen-bond donors (Lipinski definition) is 2. The SMILES string of the molecule is CCc1cccc(NC(=O)C(C)(C)Nc2ccc(Cl)cc2)c1. The number of amides is 1. The van der Waals surface area contributed by atoms with E-state index in [1.165, 1.54) is 5.56 Å². The molecule has 0 spiro atoms. The summed E-state index contributed by atoms with van der Waals surface area (Å²) in [7, 11) is 0. The second-order valence-electron chi connectivity index (χ2n) is 5.76. The predicted molar refractivity (Wildman–Crippen MR) is 93.6 cm³/mol. The van der Waals surface area contributed by atoms with E-state index >= 15 is 0 Å². The number of aryl methyl sites for hydroxylation is 1. The number of rotatable bonds is 5. The molecule has 1 amide bonds. The van der Waals surface area contributed by atoms with Gasteiger partial charge < -0.3 is 10.6 Å². The van der Waals surface area contributed by atoms with Gasteiger partial charge in [-0.05, 0) is 62.2 Å². The van der Waals surface area contributed by atoms with Crippen molar-refractivity contribution in [1.82, 2.24) is 0 Å². The van der Waals surface area contributed by atoms with Gasteiger partial charge in [0.05, 0.1) is 0 Å². The summed E-state index contributed by atoms with van der Waals surface area (Å²) in [4.78, 5) is 12.5. The number of hydrogen-bond acceptors (Lipinski definition) is 2. The zero-order chi connectivity index (χ0) is 16.2. The van der Waals surface area contributed by atoms with Crippen LogP contribution in [-0.2, 0) is 11.2 Å². The van der Waals surface area contributed by atoms with Gasteiger partial charge in [-0.3, -0.25) is 4.79 Å². The summed E-state index contributed by atoms with van der Waals surface area (Å²) in [5.41, 5.74) is 2.12. The van der Waals surface area contributed by atoms with E-state index in [1.807, 2.05) is 50.2 Å². The Hall–Kier alpha value is -2.00. The van der Waals surface area contributed by atoms with E-state index in [0.29, 0.717) is 5.02 Å². The molecule has 0 saturated heterocycles. The number of anilines is 2. The lowest BCUT2D eigenvalue weighted by atomic mass is 10.0. The van der Waals surface area contributed by atoms with Crippen LogP contribution >= 0.6 is 11.6 Å². The average Bonchev–Trinajstić information content (AvgIpc) is 2.49. The molecular formula is C18H21ClN2O. The van der Waals surface area contributed by atoms with Gasteiger partial charge in [0, 0.05) is 16.4 Å². The van der Waals surface area contributed by atoms with Gasteiger partial charge in [0.15, 0.2) is 0 Å². The highest BCUT2D eigenvalue weighted by molar-refractivity contribution is 6.30. The van der Waals surface area contributed by atoms with E-state index in [4.69, 9.17) is 11.6 Å². The van der Waals surface area contributed by atoms with Gasteiger partial charge in [-0.2, -0.15) is 0 Å². The molecule has 116 valence electrons. The summed E-state index contributed by atoms with van der Waals surface area (Å²) in [6.07, 6.45) is 0.941. The largest absolute Gasteiger partial charge is 0.372 e. The summed E-state index contributed by atoms with van der Waals surface area (Å²) in [6, 6.07) is 15.2. The fourth-order valence-corrected chi connectivity index (χ4v) is 2.23. The van der Waals surface area contributed by atoms with Crippen LogP contribution in [0, 0.1) is 0 Å². The first-order valence-electron chi connectivity index (χ1n) is 7.35. The summed E-state index contributed by atoms with van der Waals surface area (Å²) < 4.78 is 0. The minimum atomic E-state index is -0.740. The Bertz CT molecular complexity index is 650. The van der Waals surface area contributed by atoms with Gasteiger partial charge >= 0.3 is 0 Å². The smallest absolute Gasteiger partial charge is 0.249 e. The van der Waals surface area contributed by atoms with Gasteiger partial charge in [0.25, 0.3) is 0 Å². The minimum Gasteiger partial charge on any atom is -0.372 e.